The minimum atomic E-state index is 0.173. The Balaban J connectivity index is 1.25. The van der Waals surface area contributed by atoms with Crippen LogP contribution in [0.25, 0.3) is 0 Å². The van der Waals surface area contributed by atoms with Gasteiger partial charge in [-0.15, -0.1) is 21.5 Å². The lowest BCUT2D eigenvalue weighted by atomic mass is 10.2. The zero-order valence-corrected chi connectivity index (χ0v) is 18.2. The van der Waals surface area contributed by atoms with Crippen molar-refractivity contribution in [2.75, 3.05) is 36.8 Å². The van der Waals surface area contributed by atoms with E-state index in [1.54, 1.807) is 17.7 Å². The molecule has 1 saturated heterocycles. The molecule has 29 heavy (non-hydrogen) atoms. The molecule has 6 nitrogen and oxygen atoms in total. The highest BCUT2D eigenvalue weighted by atomic mass is 32.2. The molecule has 0 saturated carbocycles. The fourth-order valence-corrected chi connectivity index (χ4v) is 4.99. The Kier molecular flexibility index (Phi) is 6.51. The molecule has 1 aliphatic heterocycles. The minimum Gasteiger partial charge on any atom is -0.368 e. The second kappa shape index (κ2) is 9.45. The standard InChI is InChI=1S/C21H25N5OS2/c1-17-4-2-5-18(14-17)24-9-11-25(12-10-24)20(27)15-29-21-23-22-16-26(21)8-7-19-6-3-13-28-19/h2-6,13-14,16H,7-12,15H2,1H3. The van der Waals surface area contributed by atoms with Crippen molar-refractivity contribution in [3.05, 3.63) is 58.5 Å². The third-order valence-electron chi connectivity index (χ3n) is 5.08. The lowest BCUT2D eigenvalue weighted by Crippen LogP contribution is -2.49. The molecule has 0 unspecified atom stereocenters. The number of thioether (sulfide) groups is 1. The van der Waals surface area contributed by atoms with E-state index in [2.05, 4.69) is 63.8 Å². The maximum absolute atomic E-state index is 12.7. The zero-order chi connectivity index (χ0) is 20.1. The molecule has 4 rings (SSSR count). The van der Waals surface area contributed by atoms with Crippen LogP contribution < -0.4 is 4.90 Å². The number of carbonyl (C=O) groups excluding carboxylic acids is 1. The molecule has 1 amide bonds. The van der Waals surface area contributed by atoms with Crippen LogP contribution in [0.5, 0.6) is 0 Å². The van der Waals surface area contributed by atoms with Crippen LogP contribution in [0, 0.1) is 6.92 Å². The molecule has 152 valence electrons. The van der Waals surface area contributed by atoms with Gasteiger partial charge in [-0.1, -0.05) is 30.0 Å². The van der Waals surface area contributed by atoms with E-state index < -0.39 is 0 Å². The van der Waals surface area contributed by atoms with Crippen LogP contribution in [0.15, 0.2) is 53.3 Å². The summed E-state index contributed by atoms with van der Waals surface area (Å²) < 4.78 is 2.04. The van der Waals surface area contributed by atoms with Crippen LogP contribution in [-0.2, 0) is 17.8 Å². The number of rotatable bonds is 7. The third kappa shape index (κ3) is 5.19. The highest BCUT2D eigenvalue weighted by Gasteiger charge is 2.22. The Hall–Kier alpha value is -2.32. The summed E-state index contributed by atoms with van der Waals surface area (Å²) in [6.07, 6.45) is 2.71. The number of thiophene rings is 1. The smallest absolute Gasteiger partial charge is 0.233 e. The summed E-state index contributed by atoms with van der Waals surface area (Å²) in [5.74, 6) is 0.578. The van der Waals surface area contributed by atoms with E-state index in [4.69, 9.17) is 0 Å². The second-order valence-corrected chi connectivity index (χ2v) is 9.11. The topological polar surface area (TPSA) is 54.3 Å². The van der Waals surface area contributed by atoms with E-state index in [0.29, 0.717) is 5.75 Å². The van der Waals surface area contributed by atoms with Gasteiger partial charge in [-0.05, 0) is 42.5 Å². The number of aryl methyl sites for hydroxylation is 3. The van der Waals surface area contributed by atoms with Crippen LogP contribution in [-0.4, -0.2) is 57.5 Å². The lowest BCUT2D eigenvalue weighted by Gasteiger charge is -2.36. The fraction of sp³-hybridized carbons (Fsp3) is 0.381. The van der Waals surface area contributed by atoms with Crippen LogP contribution in [0.4, 0.5) is 5.69 Å². The van der Waals surface area contributed by atoms with Gasteiger partial charge in [0.2, 0.25) is 5.91 Å². The largest absolute Gasteiger partial charge is 0.368 e. The molecule has 3 heterocycles. The predicted molar refractivity (Wildman–Crippen MR) is 119 cm³/mol. The van der Waals surface area contributed by atoms with E-state index in [-0.39, 0.29) is 5.91 Å². The Morgan fingerprint density at radius 1 is 1.17 bits per heavy atom. The summed E-state index contributed by atoms with van der Waals surface area (Å²) in [7, 11) is 0. The van der Waals surface area contributed by atoms with Crippen LogP contribution in [0.3, 0.4) is 0 Å². The Labute approximate surface area is 179 Å². The molecule has 0 bridgehead atoms. The summed E-state index contributed by atoms with van der Waals surface area (Å²) in [5, 5.41) is 11.1. The van der Waals surface area contributed by atoms with Crippen molar-refractivity contribution in [3.8, 4) is 0 Å². The number of benzene rings is 1. The SMILES string of the molecule is Cc1cccc(N2CCN(C(=O)CSc3nncn3CCc3cccs3)CC2)c1. The molecular weight excluding hydrogens is 402 g/mol. The molecule has 8 heteroatoms. The van der Waals surface area contributed by atoms with Crippen molar-refractivity contribution in [1.82, 2.24) is 19.7 Å². The van der Waals surface area contributed by atoms with Gasteiger partial charge in [-0.25, -0.2) is 0 Å². The van der Waals surface area contributed by atoms with Gasteiger partial charge in [0.25, 0.3) is 0 Å². The fourth-order valence-electron chi connectivity index (χ4n) is 3.45. The zero-order valence-electron chi connectivity index (χ0n) is 16.5. The van der Waals surface area contributed by atoms with Crippen molar-refractivity contribution < 1.29 is 4.79 Å². The van der Waals surface area contributed by atoms with Crippen LogP contribution in [0.1, 0.15) is 10.4 Å². The monoisotopic (exact) mass is 427 g/mol. The number of nitrogens with zero attached hydrogens (tertiary/aromatic N) is 5. The van der Waals surface area contributed by atoms with Gasteiger partial charge in [0.1, 0.15) is 6.33 Å². The Morgan fingerprint density at radius 2 is 2.03 bits per heavy atom. The van der Waals surface area contributed by atoms with Crippen molar-refractivity contribution in [2.24, 2.45) is 0 Å². The first-order chi connectivity index (χ1) is 14.2. The first-order valence-corrected chi connectivity index (χ1v) is 11.7. The average Bonchev–Trinajstić information content (AvgIpc) is 3.42. The summed E-state index contributed by atoms with van der Waals surface area (Å²) in [5.41, 5.74) is 2.51. The second-order valence-electron chi connectivity index (χ2n) is 7.13. The van der Waals surface area contributed by atoms with E-state index >= 15 is 0 Å². The molecule has 0 N–H and O–H groups in total. The molecule has 1 fully saturated rings. The summed E-state index contributed by atoms with van der Waals surface area (Å²) in [4.78, 5) is 18.3. The first kappa shape index (κ1) is 20.0. The van der Waals surface area contributed by atoms with Gasteiger partial charge < -0.3 is 14.4 Å². The van der Waals surface area contributed by atoms with Crippen molar-refractivity contribution in [3.63, 3.8) is 0 Å². The van der Waals surface area contributed by atoms with Crippen molar-refractivity contribution >= 4 is 34.7 Å². The first-order valence-electron chi connectivity index (χ1n) is 9.81. The van der Waals surface area contributed by atoms with E-state index in [9.17, 15) is 4.79 Å². The van der Waals surface area contributed by atoms with Gasteiger partial charge in [-0.2, -0.15) is 0 Å². The van der Waals surface area contributed by atoms with E-state index in [1.807, 2.05) is 9.47 Å². The predicted octanol–water partition coefficient (Wildman–Crippen LogP) is 3.33. The molecule has 1 aliphatic rings. The molecular formula is C21H25N5OS2. The Bertz CT molecular complexity index is 932. The summed E-state index contributed by atoms with van der Waals surface area (Å²) in [6, 6.07) is 12.8. The van der Waals surface area contributed by atoms with E-state index in [1.165, 1.54) is 27.9 Å². The number of anilines is 1. The molecule has 0 aliphatic carbocycles. The molecule has 0 spiro atoms. The highest BCUT2D eigenvalue weighted by molar-refractivity contribution is 7.99. The quantitative estimate of drug-likeness (QED) is 0.542. The van der Waals surface area contributed by atoms with Crippen LogP contribution >= 0.6 is 23.1 Å². The maximum Gasteiger partial charge on any atom is 0.233 e. The average molecular weight is 428 g/mol. The number of amides is 1. The summed E-state index contributed by atoms with van der Waals surface area (Å²) >= 11 is 3.24. The van der Waals surface area contributed by atoms with Gasteiger partial charge in [0.05, 0.1) is 5.75 Å². The molecule has 3 aromatic rings. The number of hydrogen-bond donors (Lipinski definition) is 0. The lowest BCUT2D eigenvalue weighted by molar-refractivity contribution is -0.128. The van der Waals surface area contributed by atoms with Gasteiger partial charge in [-0.3, -0.25) is 4.79 Å². The number of piperazine rings is 1. The number of carbonyl (C=O) groups is 1. The number of hydrogen-bond acceptors (Lipinski definition) is 6. The number of aromatic nitrogens is 3. The Morgan fingerprint density at radius 3 is 2.79 bits per heavy atom. The summed E-state index contributed by atoms with van der Waals surface area (Å²) in [6.45, 7) is 6.21. The third-order valence-corrected chi connectivity index (χ3v) is 6.98. The maximum atomic E-state index is 12.7. The van der Waals surface area contributed by atoms with Crippen molar-refractivity contribution in [1.29, 1.82) is 0 Å². The van der Waals surface area contributed by atoms with Gasteiger partial charge in [0.15, 0.2) is 5.16 Å². The minimum absolute atomic E-state index is 0.173. The van der Waals surface area contributed by atoms with Crippen molar-refractivity contribution in [2.45, 2.75) is 25.0 Å². The van der Waals surface area contributed by atoms with Crippen LogP contribution in [0.2, 0.25) is 0 Å². The van der Waals surface area contributed by atoms with E-state index in [0.717, 1.165) is 44.3 Å². The highest BCUT2D eigenvalue weighted by Crippen LogP contribution is 2.20. The molecule has 1 aromatic carbocycles. The normalized spacial score (nSPS) is 14.4. The molecule has 2 aromatic heterocycles. The van der Waals surface area contributed by atoms with Gasteiger partial charge in [0, 0.05) is 43.3 Å². The molecule has 0 atom stereocenters. The molecule has 0 radical (unpaired) electrons. The van der Waals surface area contributed by atoms with Gasteiger partial charge >= 0.3 is 0 Å².